The third-order valence-corrected chi connectivity index (χ3v) is 9.00. The van der Waals surface area contributed by atoms with Crippen LogP contribution in [0, 0.1) is 6.92 Å². The largest absolute Gasteiger partial charge is 2.00 e. The van der Waals surface area contributed by atoms with E-state index in [9.17, 15) is 0 Å². The summed E-state index contributed by atoms with van der Waals surface area (Å²) in [4.78, 5) is 0. The molecule has 2 radical (unpaired) electrons. The van der Waals surface area contributed by atoms with Crippen molar-refractivity contribution in [2.75, 3.05) is 0 Å². The first kappa shape index (κ1) is 39.6. The normalized spacial score (nSPS) is 11.5. The number of aryl methyl sites for hydroxylation is 2. The molecule has 0 amide bonds. The number of fused-ring (bicyclic) bond motifs is 2. The van der Waals surface area contributed by atoms with E-state index in [0.29, 0.717) is 5.92 Å². The fourth-order valence-electron chi connectivity index (χ4n) is 6.12. The van der Waals surface area contributed by atoms with Crippen LogP contribution in [0.25, 0.3) is 43.8 Å². The van der Waals surface area contributed by atoms with Crippen LogP contribution in [0.2, 0.25) is 13.1 Å². The van der Waals surface area contributed by atoms with E-state index < -0.39 is 0 Å². The minimum Gasteiger partial charge on any atom is -0.164 e. The molecule has 0 aliphatic heterocycles. The molecule has 0 aliphatic rings. The summed E-state index contributed by atoms with van der Waals surface area (Å²) >= 11 is 0. The monoisotopic (exact) mass is 726 g/mol. The molecule has 0 bridgehead atoms. The third kappa shape index (κ3) is 9.67. The minimum absolute atomic E-state index is 0. The Morgan fingerprint density at radius 2 is 1.12 bits per heavy atom. The predicted molar refractivity (Wildman–Crippen MR) is 213 cm³/mol. The van der Waals surface area contributed by atoms with Gasteiger partial charge in [-0.05, 0) is 52.3 Å². The first-order chi connectivity index (χ1) is 22.2. The van der Waals surface area contributed by atoms with E-state index >= 15 is 0 Å². The second kappa shape index (κ2) is 16.7. The van der Waals surface area contributed by atoms with Crippen molar-refractivity contribution in [3.8, 4) is 22.3 Å². The van der Waals surface area contributed by atoms with Gasteiger partial charge in [-0.25, -0.2) is 0 Å². The van der Waals surface area contributed by atoms with Crippen LogP contribution in [-0.2, 0) is 43.5 Å². The molecule has 0 heterocycles. The molecule has 248 valence electrons. The standard InChI is InChI=1S/2C22H25.C2H6Si.Zr/c1-15(2)18-13-17-7-6-8-20(21(17)14-18)16-9-11-19(12-10-16)22(3,4)5;1-6-16-13-18-11-15(2)12-20(21(18)14-16)17-7-9-19(10-8-17)22(3,4)5;1-3-2;/h6-15H,1-5H3;7-14H,6H2,1-5H3;1-2H3;/q2*-1;;+2. The van der Waals surface area contributed by atoms with Gasteiger partial charge in [0.1, 0.15) is 0 Å². The van der Waals surface area contributed by atoms with Crippen molar-refractivity contribution in [2.24, 2.45) is 0 Å². The quantitative estimate of drug-likeness (QED) is 0.125. The van der Waals surface area contributed by atoms with Gasteiger partial charge in [-0.3, -0.25) is 0 Å². The number of hydrogen-bond acceptors (Lipinski definition) is 0. The molecule has 6 rings (SSSR count). The van der Waals surface area contributed by atoms with Gasteiger partial charge in [0.15, 0.2) is 0 Å². The molecule has 0 saturated heterocycles. The fraction of sp³-hybridized carbons (Fsp3) is 0.348. The summed E-state index contributed by atoms with van der Waals surface area (Å²) in [5, 5.41) is 5.47. The van der Waals surface area contributed by atoms with E-state index in [1.807, 2.05) is 0 Å². The summed E-state index contributed by atoms with van der Waals surface area (Å²) in [6.07, 6.45) is 1.09. The van der Waals surface area contributed by atoms with Crippen molar-refractivity contribution < 1.29 is 26.2 Å². The molecule has 0 atom stereocenters. The molecule has 0 unspecified atom stereocenters. The Morgan fingerprint density at radius 3 is 1.60 bits per heavy atom. The summed E-state index contributed by atoms with van der Waals surface area (Å²) in [6, 6.07) is 38.7. The van der Waals surface area contributed by atoms with E-state index in [0.717, 1.165) is 15.9 Å². The van der Waals surface area contributed by atoms with Gasteiger partial charge < -0.3 is 0 Å². The second-order valence-electron chi connectivity index (χ2n) is 15.4. The molecular weight excluding hydrogens is 672 g/mol. The van der Waals surface area contributed by atoms with Crippen LogP contribution in [-0.4, -0.2) is 9.52 Å². The van der Waals surface area contributed by atoms with Crippen molar-refractivity contribution in [1.82, 2.24) is 0 Å². The maximum atomic E-state index is 2.35. The Morgan fingerprint density at radius 1 is 0.625 bits per heavy atom. The minimum atomic E-state index is 0. The first-order valence-corrected chi connectivity index (χ1v) is 19.4. The predicted octanol–water partition coefficient (Wildman–Crippen LogP) is 13.8. The molecule has 0 fully saturated rings. The van der Waals surface area contributed by atoms with Crippen LogP contribution >= 0.6 is 0 Å². The van der Waals surface area contributed by atoms with Crippen molar-refractivity contribution in [1.29, 1.82) is 0 Å². The van der Waals surface area contributed by atoms with Crippen LogP contribution < -0.4 is 0 Å². The molecule has 6 aromatic rings. The molecule has 0 spiro atoms. The maximum absolute atomic E-state index is 2.35. The molecule has 2 heteroatoms. The van der Waals surface area contributed by atoms with Crippen molar-refractivity contribution in [3.05, 3.63) is 131 Å². The van der Waals surface area contributed by atoms with Crippen LogP contribution in [0.15, 0.2) is 103 Å². The van der Waals surface area contributed by atoms with E-state index in [2.05, 4.69) is 185 Å². The molecule has 0 aromatic heterocycles. The Hall–Kier alpha value is -2.80. The van der Waals surface area contributed by atoms with Crippen molar-refractivity contribution >= 4 is 31.1 Å². The van der Waals surface area contributed by atoms with E-state index in [4.69, 9.17) is 0 Å². The molecule has 48 heavy (non-hydrogen) atoms. The van der Waals surface area contributed by atoms with Gasteiger partial charge in [-0.15, -0.1) is 63.0 Å². The molecule has 0 N–H and O–H groups in total. The third-order valence-electron chi connectivity index (χ3n) is 9.00. The summed E-state index contributed by atoms with van der Waals surface area (Å²) in [5.74, 6) is 0.573. The smallest absolute Gasteiger partial charge is 0.164 e. The summed E-state index contributed by atoms with van der Waals surface area (Å²) in [5.41, 5.74) is 12.7. The number of rotatable bonds is 4. The summed E-state index contributed by atoms with van der Waals surface area (Å²) in [7, 11) is 1.08. The van der Waals surface area contributed by atoms with Crippen LogP contribution in [0.3, 0.4) is 0 Å². The zero-order chi connectivity index (χ0) is 34.5. The Bertz CT molecular complexity index is 1880. The van der Waals surface area contributed by atoms with Crippen LogP contribution in [0.1, 0.15) is 96.0 Å². The van der Waals surface area contributed by atoms with E-state index in [-0.39, 0.29) is 37.0 Å². The van der Waals surface area contributed by atoms with Crippen molar-refractivity contribution in [2.45, 2.75) is 106 Å². The molecule has 0 saturated carbocycles. The Labute approximate surface area is 314 Å². The Balaban J connectivity index is 0.000000236. The average Bonchev–Trinajstić information content (AvgIpc) is 3.65. The van der Waals surface area contributed by atoms with Crippen LogP contribution in [0.4, 0.5) is 0 Å². The molecular formula is C46H56SiZr. The van der Waals surface area contributed by atoms with E-state index in [1.54, 1.807) is 0 Å². The maximum Gasteiger partial charge on any atom is 2.00 e. The van der Waals surface area contributed by atoms with Gasteiger partial charge in [0.25, 0.3) is 0 Å². The number of benzene rings is 4. The van der Waals surface area contributed by atoms with Gasteiger partial charge in [0.05, 0.1) is 0 Å². The van der Waals surface area contributed by atoms with Gasteiger partial charge in [0.2, 0.25) is 0 Å². The SMILES string of the molecule is CC(C)c1cc2c(-c3ccc(C(C)(C)C)cc3)cccc2[cH-]1.CCc1cc2c(-c3ccc(C(C)(C)C)cc3)cc(C)cc2[cH-]1.C[Si]C.[Zr+2]. The summed E-state index contributed by atoms with van der Waals surface area (Å²) < 4.78 is 0. The van der Waals surface area contributed by atoms with Gasteiger partial charge in [0, 0.05) is 9.52 Å². The van der Waals surface area contributed by atoms with E-state index in [1.165, 1.54) is 71.6 Å². The Kier molecular flexibility index (Phi) is 13.8. The molecule has 6 aromatic carbocycles. The van der Waals surface area contributed by atoms with Crippen LogP contribution in [0.5, 0.6) is 0 Å². The van der Waals surface area contributed by atoms with Gasteiger partial charge >= 0.3 is 26.2 Å². The molecule has 0 aliphatic carbocycles. The van der Waals surface area contributed by atoms with Gasteiger partial charge in [-0.2, -0.15) is 12.1 Å². The van der Waals surface area contributed by atoms with Gasteiger partial charge in [-0.1, -0.05) is 153 Å². The zero-order valence-electron chi connectivity index (χ0n) is 31.6. The second-order valence-corrected chi connectivity index (χ2v) is 16.4. The fourth-order valence-corrected chi connectivity index (χ4v) is 6.12. The molecule has 0 nitrogen and oxygen atoms in total. The topological polar surface area (TPSA) is 0 Å². The number of hydrogen-bond donors (Lipinski definition) is 0. The van der Waals surface area contributed by atoms with Crippen molar-refractivity contribution in [3.63, 3.8) is 0 Å². The zero-order valence-corrected chi connectivity index (χ0v) is 35.1. The first-order valence-electron chi connectivity index (χ1n) is 17.4. The summed E-state index contributed by atoms with van der Waals surface area (Å²) in [6.45, 7) is 26.8. The average molecular weight is 728 g/mol.